The quantitative estimate of drug-likeness (QED) is 0.262. The minimum absolute atomic E-state index is 0.0251. The Bertz CT molecular complexity index is 583. The van der Waals surface area contributed by atoms with Gasteiger partial charge >= 0.3 is 6.09 Å². The van der Waals surface area contributed by atoms with E-state index in [1.165, 1.54) is 5.57 Å². The standard InChI is InChI=1S/C24H43NO6/c1-18(2)12-16-29-23(3,4)21-20(28-6)19(11-13-24(21)17-30-24)31-22(26)25-14-9-7-8-10-15-27-5/h12,19-21H,7-11,13-17H2,1-6H3,(H,25,26)/t19?,20?,21?,24-/m0/s1. The predicted molar refractivity (Wildman–Crippen MR) is 120 cm³/mol. The zero-order valence-corrected chi connectivity index (χ0v) is 20.3. The van der Waals surface area contributed by atoms with Crippen molar-refractivity contribution in [2.24, 2.45) is 5.92 Å². The van der Waals surface area contributed by atoms with Crippen molar-refractivity contribution in [3.05, 3.63) is 11.6 Å². The van der Waals surface area contributed by atoms with Gasteiger partial charge in [0.1, 0.15) is 12.2 Å². The highest BCUT2D eigenvalue weighted by molar-refractivity contribution is 5.67. The fourth-order valence-electron chi connectivity index (χ4n) is 4.69. The normalized spacial score (nSPS) is 27.7. The number of allylic oxidation sites excluding steroid dienone is 1. The Kier molecular flexibility index (Phi) is 10.3. The third-order valence-electron chi connectivity index (χ3n) is 6.40. The van der Waals surface area contributed by atoms with Gasteiger partial charge in [0.25, 0.3) is 0 Å². The predicted octanol–water partition coefficient (Wildman–Crippen LogP) is 4.24. The first-order valence-electron chi connectivity index (χ1n) is 11.6. The molecule has 1 amide bonds. The summed E-state index contributed by atoms with van der Waals surface area (Å²) in [7, 11) is 3.40. The van der Waals surface area contributed by atoms with E-state index in [4.69, 9.17) is 23.7 Å². The van der Waals surface area contributed by atoms with Crippen molar-refractivity contribution < 1.29 is 28.5 Å². The molecule has 7 heteroatoms. The highest BCUT2D eigenvalue weighted by Crippen LogP contribution is 2.52. The summed E-state index contributed by atoms with van der Waals surface area (Å²) in [5.41, 5.74) is 0.494. The minimum atomic E-state index is -0.482. The highest BCUT2D eigenvalue weighted by Gasteiger charge is 2.64. The number of carbonyl (C=O) groups is 1. The summed E-state index contributed by atoms with van der Waals surface area (Å²) in [4.78, 5) is 12.4. The molecule has 1 saturated heterocycles. The van der Waals surface area contributed by atoms with E-state index in [1.807, 2.05) is 0 Å². The molecule has 1 spiro atoms. The van der Waals surface area contributed by atoms with Gasteiger partial charge in [-0.1, -0.05) is 24.5 Å². The van der Waals surface area contributed by atoms with Gasteiger partial charge in [-0.3, -0.25) is 0 Å². The molecule has 1 saturated carbocycles. The first kappa shape index (κ1) is 26.1. The summed E-state index contributed by atoms with van der Waals surface area (Å²) in [6, 6.07) is 0. The molecular formula is C24H43NO6. The second-order valence-electron chi connectivity index (χ2n) is 9.54. The van der Waals surface area contributed by atoms with E-state index in [-0.39, 0.29) is 29.8 Å². The van der Waals surface area contributed by atoms with Crippen molar-refractivity contribution in [3.8, 4) is 0 Å². The summed E-state index contributed by atoms with van der Waals surface area (Å²) in [5, 5.41) is 2.88. The molecule has 1 aliphatic carbocycles. The molecule has 1 N–H and O–H groups in total. The molecule has 180 valence electrons. The van der Waals surface area contributed by atoms with Crippen LogP contribution < -0.4 is 5.32 Å². The lowest BCUT2D eigenvalue weighted by molar-refractivity contribution is -0.172. The topological polar surface area (TPSA) is 78.6 Å². The molecule has 3 unspecified atom stereocenters. The molecule has 4 atom stereocenters. The van der Waals surface area contributed by atoms with Crippen LogP contribution in [0.1, 0.15) is 66.2 Å². The summed E-state index contributed by atoms with van der Waals surface area (Å²) >= 11 is 0. The van der Waals surface area contributed by atoms with Crippen LogP contribution in [0.25, 0.3) is 0 Å². The molecule has 2 aliphatic rings. The molecule has 0 radical (unpaired) electrons. The molecule has 0 aromatic carbocycles. The van der Waals surface area contributed by atoms with Crippen LogP contribution in [0.2, 0.25) is 0 Å². The molecule has 31 heavy (non-hydrogen) atoms. The maximum Gasteiger partial charge on any atom is 0.407 e. The van der Waals surface area contributed by atoms with E-state index < -0.39 is 5.60 Å². The number of epoxide rings is 1. The van der Waals surface area contributed by atoms with Crippen LogP contribution in [-0.4, -0.2) is 70.1 Å². The number of hydrogen-bond donors (Lipinski definition) is 1. The third-order valence-corrected chi connectivity index (χ3v) is 6.40. The van der Waals surface area contributed by atoms with Crippen LogP contribution in [0.15, 0.2) is 11.6 Å². The lowest BCUT2D eigenvalue weighted by atomic mass is 9.68. The molecule has 0 aromatic rings. The Hall–Kier alpha value is -1.15. The fraction of sp³-hybridized carbons (Fsp3) is 0.875. The van der Waals surface area contributed by atoms with Gasteiger partial charge in [-0.15, -0.1) is 0 Å². The summed E-state index contributed by atoms with van der Waals surface area (Å²) < 4.78 is 28.9. The van der Waals surface area contributed by atoms with Gasteiger partial charge in [0.05, 0.1) is 24.4 Å². The number of nitrogens with one attached hydrogen (secondary N) is 1. The lowest BCUT2D eigenvalue weighted by Gasteiger charge is -2.47. The third kappa shape index (κ3) is 7.74. The van der Waals surface area contributed by atoms with Gasteiger partial charge in [0.15, 0.2) is 0 Å². The van der Waals surface area contributed by atoms with Crippen LogP contribution >= 0.6 is 0 Å². The molecule has 1 aliphatic heterocycles. The number of methoxy groups -OCH3 is 2. The number of unbranched alkanes of at least 4 members (excludes halogenated alkanes) is 3. The van der Waals surface area contributed by atoms with Gasteiger partial charge in [-0.25, -0.2) is 4.79 Å². The Morgan fingerprint density at radius 3 is 2.52 bits per heavy atom. The van der Waals surface area contributed by atoms with Gasteiger partial charge < -0.3 is 29.0 Å². The largest absolute Gasteiger partial charge is 0.443 e. The van der Waals surface area contributed by atoms with Crippen molar-refractivity contribution in [3.63, 3.8) is 0 Å². The highest BCUT2D eigenvalue weighted by atomic mass is 16.6. The Labute approximate surface area is 188 Å². The van der Waals surface area contributed by atoms with Crippen molar-refractivity contribution in [2.45, 2.75) is 89.6 Å². The minimum Gasteiger partial charge on any atom is -0.443 e. The number of alkyl carbamates (subject to hydrolysis) is 1. The number of rotatable bonds is 13. The van der Waals surface area contributed by atoms with Crippen LogP contribution in [0.5, 0.6) is 0 Å². The number of amides is 1. The van der Waals surface area contributed by atoms with Crippen LogP contribution in [-0.2, 0) is 23.7 Å². The molecule has 2 rings (SSSR count). The zero-order valence-electron chi connectivity index (χ0n) is 20.3. The van der Waals surface area contributed by atoms with Crippen molar-refractivity contribution >= 4 is 6.09 Å². The maximum absolute atomic E-state index is 12.4. The Balaban J connectivity index is 1.90. The van der Waals surface area contributed by atoms with Crippen LogP contribution in [0.3, 0.4) is 0 Å². The molecule has 2 fully saturated rings. The second-order valence-corrected chi connectivity index (χ2v) is 9.54. The number of hydrogen-bond acceptors (Lipinski definition) is 6. The van der Waals surface area contributed by atoms with Crippen molar-refractivity contribution in [1.29, 1.82) is 0 Å². The van der Waals surface area contributed by atoms with Gasteiger partial charge in [0.2, 0.25) is 0 Å². The Morgan fingerprint density at radius 2 is 1.90 bits per heavy atom. The first-order chi connectivity index (χ1) is 14.8. The second kappa shape index (κ2) is 12.2. The molecule has 0 aromatic heterocycles. The van der Waals surface area contributed by atoms with E-state index >= 15 is 0 Å². The van der Waals surface area contributed by atoms with Crippen molar-refractivity contribution in [2.75, 3.05) is 40.6 Å². The smallest absolute Gasteiger partial charge is 0.407 e. The molecule has 0 bridgehead atoms. The average Bonchev–Trinajstić information content (AvgIpc) is 3.47. The van der Waals surface area contributed by atoms with Crippen molar-refractivity contribution in [1.82, 2.24) is 5.32 Å². The monoisotopic (exact) mass is 441 g/mol. The summed E-state index contributed by atoms with van der Waals surface area (Å²) in [6.45, 7) is 10.9. The summed E-state index contributed by atoms with van der Waals surface area (Å²) in [5.74, 6) is -0.0251. The summed E-state index contributed by atoms with van der Waals surface area (Å²) in [6.07, 6.45) is 6.81. The lowest BCUT2D eigenvalue weighted by Crippen LogP contribution is -2.59. The van der Waals surface area contributed by atoms with E-state index in [1.54, 1.807) is 14.2 Å². The number of ether oxygens (including phenoxy) is 5. The van der Waals surface area contributed by atoms with Gasteiger partial charge in [0, 0.05) is 33.3 Å². The number of carbonyl (C=O) groups excluding carboxylic acids is 1. The van der Waals surface area contributed by atoms with Gasteiger partial charge in [-0.05, 0) is 53.4 Å². The van der Waals surface area contributed by atoms with E-state index in [0.717, 1.165) is 45.1 Å². The van der Waals surface area contributed by atoms with Crippen LogP contribution in [0, 0.1) is 5.92 Å². The first-order valence-corrected chi connectivity index (χ1v) is 11.6. The van der Waals surface area contributed by atoms with E-state index in [0.29, 0.717) is 19.8 Å². The molecule has 7 nitrogen and oxygen atoms in total. The zero-order chi connectivity index (χ0) is 22.9. The van der Waals surface area contributed by atoms with Crippen LogP contribution in [0.4, 0.5) is 4.79 Å². The average molecular weight is 442 g/mol. The van der Waals surface area contributed by atoms with Gasteiger partial charge in [-0.2, -0.15) is 0 Å². The molecular weight excluding hydrogens is 398 g/mol. The van der Waals surface area contributed by atoms with E-state index in [2.05, 4.69) is 39.1 Å². The SMILES string of the molecule is COCCCCCCNC(=O)OC1CC[C@]2(CO2)C(C(C)(C)OCC=C(C)C)C1OC. The maximum atomic E-state index is 12.4. The fourth-order valence-corrected chi connectivity index (χ4v) is 4.69. The Morgan fingerprint density at radius 1 is 1.19 bits per heavy atom. The van der Waals surface area contributed by atoms with E-state index in [9.17, 15) is 4.79 Å². The molecule has 1 heterocycles.